The molecule has 0 spiro atoms. The van der Waals surface area contributed by atoms with Gasteiger partial charge in [-0.1, -0.05) is 43.1 Å². The second-order valence-electron chi connectivity index (χ2n) is 4.97. The molecular formula is C16H24Cl2N2OS. The summed E-state index contributed by atoms with van der Waals surface area (Å²) in [5, 5.41) is 4.07. The Morgan fingerprint density at radius 2 is 1.95 bits per heavy atom. The van der Waals surface area contributed by atoms with E-state index in [1.54, 1.807) is 17.8 Å². The summed E-state index contributed by atoms with van der Waals surface area (Å²) in [5.74, 6) is 1.31. The topological polar surface area (TPSA) is 32.3 Å². The third-order valence-corrected chi connectivity index (χ3v) is 5.10. The number of thioether (sulfide) groups is 1. The van der Waals surface area contributed by atoms with Crippen LogP contribution in [0.25, 0.3) is 0 Å². The van der Waals surface area contributed by atoms with Gasteiger partial charge in [-0.2, -0.15) is 0 Å². The van der Waals surface area contributed by atoms with Crippen LogP contribution in [0.2, 0.25) is 10.0 Å². The van der Waals surface area contributed by atoms with Crippen LogP contribution in [0.1, 0.15) is 25.8 Å². The van der Waals surface area contributed by atoms with Crippen molar-refractivity contribution in [2.45, 2.75) is 26.0 Å². The van der Waals surface area contributed by atoms with Crippen molar-refractivity contribution in [2.75, 3.05) is 31.9 Å². The van der Waals surface area contributed by atoms with Gasteiger partial charge in [-0.05, 0) is 43.8 Å². The Morgan fingerprint density at radius 3 is 2.59 bits per heavy atom. The predicted octanol–water partition coefficient (Wildman–Crippen LogP) is 4.07. The van der Waals surface area contributed by atoms with Gasteiger partial charge >= 0.3 is 0 Å². The van der Waals surface area contributed by atoms with Gasteiger partial charge in [-0.15, -0.1) is 11.8 Å². The number of nitrogens with zero attached hydrogens (tertiary/aromatic N) is 1. The molecule has 3 nitrogen and oxygen atoms in total. The highest BCUT2D eigenvalue weighted by molar-refractivity contribution is 7.99. The van der Waals surface area contributed by atoms with Crippen molar-refractivity contribution in [3.05, 3.63) is 33.8 Å². The Hall–Kier alpha value is -0.420. The molecule has 0 aliphatic carbocycles. The van der Waals surface area contributed by atoms with E-state index >= 15 is 0 Å². The molecular weight excluding hydrogens is 339 g/mol. The molecule has 0 bridgehead atoms. The van der Waals surface area contributed by atoms with Crippen LogP contribution in [0, 0.1) is 0 Å². The zero-order valence-electron chi connectivity index (χ0n) is 13.2. The molecule has 0 aliphatic heterocycles. The Balaban J connectivity index is 2.14. The number of hydrogen-bond donors (Lipinski definition) is 1. The normalized spacial score (nSPS) is 11.0. The second kappa shape index (κ2) is 11.2. The maximum atomic E-state index is 11.7. The van der Waals surface area contributed by atoms with Crippen molar-refractivity contribution in [3.63, 3.8) is 0 Å². The molecule has 0 unspecified atom stereocenters. The van der Waals surface area contributed by atoms with Crippen LogP contribution in [-0.2, 0) is 10.5 Å². The molecule has 0 saturated heterocycles. The quantitative estimate of drug-likeness (QED) is 0.636. The molecule has 1 amide bonds. The number of carbonyl (C=O) groups is 1. The van der Waals surface area contributed by atoms with Crippen molar-refractivity contribution >= 4 is 40.9 Å². The van der Waals surface area contributed by atoms with Crippen molar-refractivity contribution in [1.29, 1.82) is 0 Å². The summed E-state index contributed by atoms with van der Waals surface area (Å²) < 4.78 is 0. The number of nitrogens with one attached hydrogen (secondary N) is 1. The molecule has 0 aliphatic rings. The maximum absolute atomic E-state index is 11.7. The minimum atomic E-state index is 0.0876. The van der Waals surface area contributed by atoms with Gasteiger partial charge < -0.3 is 10.2 Å². The zero-order chi connectivity index (χ0) is 16.4. The summed E-state index contributed by atoms with van der Waals surface area (Å²) in [5.41, 5.74) is 1.08. The van der Waals surface area contributed by atoms with Crippen molar-refractivity contribution in [3.8, 4) is 0 Å². The first kappa shape index (κ1) is 19.6. The van der Waals surface area contributed by atoms with Crippen molar-refractivity contribution in [2.24, 2.45) is 0 Å². The lowest BCUT2D eigenvalue weighted by atomic mass is 10.2. The molecule has 1 aromatic rings. The van der Waals surface area contributed by atoms with Gasteiger partial charge in [0.1, 0.15) is 0 Å². The standard InChI is InChI=1S/C16H24Cl2N2OS/c1-3-20(4-2)9-5-8-19-16(21)12-22-11-13-6-7-14(17)15(18)10-13/h6-7,10H,3-5,8-9,11-12H2,1-2H3,(H,19,21). The fourth-order valence-electron chi connectivity index (χ4n) is 2.01. The molecule has 0 fully saturated rings. The average Bonchev–Trinajstić information content (AvgIpc) is 2.51. The van der Waals surface area contributed by atoms with Gasteiger partial charge in [0, 0.05) is 12.3 Å². The van der Waals surface area contributed by atoms with E-state index in [9.17, 15) is 4.79 Å². The summed E-state index contributed by atoms with van der Waals surface area (Å²) >= 11 is 13.4. The number of rotatable bonds is 10. The summed E-state index contributed by atoms with van der Waals surface area (Å²) in [6, 6.07) is 5.56. The van der Waals surface area contributed by atoms with Crippen LogP contribution < -0.4 is 5.32 Å². The van der Waals surface area contributed by atoms with Gasteiger partial charge in [-0.3, -0.25) is 4.79 Å². The first-order valence-corrected chi connectivity index (χ1v) is 9.48. The first-order chi connectivity index (χ1) is 10.6. The molecule has 6 heteroatoms. The summed E-state index contributed by atoms with van der Waals surface area (Å²) in [7, 11) is 0. The molecule has 0 saturated carbocycles. The first-order valence-electron chi connectivity index (χ1n) is 7.57. The predicted molar refractivity (Wildman–Crippen MR) is 98.0 cm³/mol. The third kappa shape index (κ3) is 7.73. The molecule has 22 heavy (non-hydrogen) atoms. The van der Waals surface area contributed by atoms with E-state index in [4.69, 9.17) is 23.2 Å². The van der Waals surface area contributed by atoms with Gasteiger partial charge in [0.05, 0.1) is 15.8 Å². The molecule has 0 atom stereocenters. The van der Waals surface area contributed by atoms with Crippen LogP contribution in [0.3, 0.4) is 0 Å². The molecule has 0 radical (unpaired) electrons. The number of amides is 1. The van der Waals surface area contributed by atoms with E-state index < -0.39 is 0 Å². The third-order valence-electron chi connectivity index (χ3n) is 3.35. The Kier molecular flexibility index (Phi) is 9.96. The Labute approximate surface area is 147 Å². The fraction of sp³-hybridized carbons (Fsp3) is 0.562. The van der Waals surface area contributed by atoms with Crippen LogP contribution in [0.4, 0.5) is 0 Å². The highest BCUT2D eigenvalue weighted by Crippen LogP contribution is 2.24. The van der Waals surface area contributed by atoms with Gasteiger partial charge in [0.2, 0.25) is 5.91 Å². The molecule has 1 N–H and O–H groups in total. The van der Waals surface area contributed by atoms with Crippen molar-refractivity contribution < 1.29 is 4.79 Å². The largest absolute Gasteiger partial charge is 0.355 e. The van der Waals surface area contributed by atoms with Gasteiger partial charge in [0.25, 0.3) is 0 Å². The van der Waals surface area contributed by atoms with E-state index in [-0.39, 0.29) is 5.91 Å². The van der Waals surface area contributed by atoms with E-state index in [2.05, 4.69) is 24.1 Å². The molecule has 1 rings (SSSR count). The van der Waals surface area contributed by atoms with Crippen LogP contribution in [-0.4, -0.2) is 42.7 Å². The minimum Gasteiger partial charge on any atom is -0.355 e. The van der Waals surface area contributed by atoms with Crippen LogP contribution >= 0.6 is 35.0 Å². The van der Waals surface area contributed by atoms with E-state index in [0.29, 0.717) is 15.8 Å². The average molecular weight is 363 g/mol. The van der Waals surface area contributed by atoms with Crippen LogP contribution in [0.15, 0.2) is 18.2 Å². The Bertz CT molecular complexity index is 467. The molecule has 0 aromatic heterocycles. The maximum Gasteiger partial charge on any atom is 0.230 e. The monoisotopic (exact) mass is 362 g/mol. The zero-order valence-corrected chi connectivity index (χ0v) is 15.5. The fourth-order valence-corrected chi connectivity index (χ4v) is 3.14. The molecule has 0 heterocycles. The summed E-state index contributed by atoms with van der Waals surface area (Å²) in [6.07, 6.45) is 0.991. The second-order valence-corrected chi connectivity index (χ2v) is 6.77. The van der Waals surface area contributed by atoms with Gasteiger partial charge in [-0.25, -0.2) is 0 Å². The van der Waals surface area contributed by atoms with E-state index in [1.807, 2.05) is 12.1 Å². The number of benzene rings is 1. The summed E-state index contributed by atoms with van der Waals surface area (Å²) in [4.78, 5) is 14.1. The van der Waals surface area contributed by atoms with Crippen molar-refractivity contribution in [1.82, 2.24) is 10.2 Å². The van der Waals surface area contributed by atoms with E-state index in [1.165, 1.54) is 0 Å². The minimum absolute atomic E-state index is 0.0876. The summed E-state index contributed by atoms with van der Waals surface area (Å²) in [6.45, 7) is 8.20. The number of hydrogen-bond acceptors (Lipinski definition) is 3. The highest BCUT2D eigenvalue weighted by Gasteiger charge is 2.04. The lowest BCUT2D eigenvalue weighted by molar-refractivity contribution is -0.118. The van der Waals surface area contributed by atoms with Crippen LogP contribution in [0.5, 0.6) is 0 Å². The number of halogens is 2. The highest BCUT2D eigenvalue weighted by atomic mass is 35.5. The Morgan fingerprint density at radius 1 is 1.23 bits per heavy atom. The molecule has 124 valence electrons. The SMILES string of the molecule is CCN(CC)CCCNC(=O)CSCc1ccc(Cl)c(Cl)c1. The lowest BCUT2D eigenvalue weighted by Crippen LogP contribution is -2.30. The van der Waals surface area contributed by atoms with E-state index in [0.717, 1.165) is 43.9 Å². The lowest BCUT2D eigenvalue weighted by Gasteiger charge is -2.17. The van der Waals surface area contributed by atoms with Gasteiger partial charge in [0.15, 0.2) is 0 Å². The smallest absolute Gasteiger partial charge is 0.230 e. The number of carbonyl (C=O) groups excluding carboxylic acids is 1. The molecule has 1 aromatic carbocycles.